The lowest BCUT2D eigenvalue weighted by molar-refractivity contribution is 0.0230. The van der Waals surface area contributed by atoms with Crippen molar-refractivity contribution in [1.29, 1.82) is 0 Å². The zero-order chi connectivity index (χ0) is 15.1. The predicted octanol–water partition coefficient (Wildman–Crippen LogP) is 1.02. The first-order valence-electron chi connectivity index (χ1n) is 7.04. The highest BCUT2D eigenvalue weighted by Gasteiger charge is 2.09. The maximum atomic E-state index is 12.2. The van der Waals surface area contributed by atoms with Crippen LogP contribution in [0.2, 0.25) is 0 Å². The number of rotatable bonds is 9. The van der Waals surface area contributed by atoms with E-state index in [-0.39, 0.29) is 5.69 Å². The minimum absolute atomic E-state index is 0.0175. The van der Waals surface area contributed by atoms with Crippen LogP contribution < -0.4 is 5.69 Å². The molecule has 21 heavy (non-hydrogen) atoms. The quantitative estimate of drug-likeness (QED) is 0.648. The molecule has 0 saturated heterocycles. The molecule has 0 bridgehead atoms. The van der Waals surface area contributed by atoms with E-state index in [0.717, 1.165) is 11.0 Å². The van der Waals surface area contributed by atoms with E-state index in [0.29, 0.717) is 39.6 Å². The summed E-state index contributed by atoms with van der Waals surface area (Å²) < 4.78 is 19.1. The second kappa shape index (κ2) is 7.97. The number of ether oxygens (including phenoxy) is 3. The van der Waals surface area contributed by atoms with Gasteiger partial charge in [-0.05, 0) is 12.1 Å². The van der Waals surface area contributed by atoms with Gasteiger partial charge in [-0.1, -0.05) is 12.1 Å². The summed E-state index contributed by atoms with van der Waals surface area (Å²) >= 11 is 0. The third kappa shape index (κ3) is 3.93. The number of imidazole rings is 1. The van der Waals surface area contributed by atoms with Gasteiger partial charge in [0.1, 0.15) is 0 Å². The summed E-state index contributed by atoms with van der Waals surface area (Å²) in [4.78, 5) is 12.2. The number of hydrogen-bond acceptors (Lipinski definition) is 4. The van der Waals surface area contributed by atoms with Crippen molar-refractivity contribution in [2.45, 2.75) is 6.54 Å². The van der Waals surface area contributed by atoms with Crippen LogP contribution in [0.1, 0.15) is 0 Å². The Balaban J connectivity index is 1.82. The molecule has 0 unspecified atom stereocenters. The molecule has 0 radical (unpaired) electrons. The van der Waals surface area contributed by atoms with Crippen LogP contribution >= 0.6 is 0 Å². The van der Waals surface area contributed by atoms with Crippen LogP contribution in [0.5, 0.6) is 0 Å². The van der Waals surface area contributed by atoms with E-state index in [9.17, 15) is 4.79 Å². The second-order valence-electron chi connectivity index (χ2n) is 4.70. The monoisotopic (exact) mass is 294 g/mol. The number of para-hydroxylation sites is 2. The van der Waals surface area contributed by atoms with Crippen LogP contribution in [-0.4, -0.2) is 49.3 Å². The minimum atomic E-state index is -0.0175. The summed E-state index contributed by atoms with van der Waals surface area (Å²) in [5.74, 6) is 0. The van der Waals surface area contributed by atoms with Crippen LogP contribution in [0.25, 0.3) is 11.0 Å². The molecule has 0 spiro atoms. The van der Waals surface area contributed by atoms with Crippen LogP contribution in [0.15, 0.2) is 29.1 Å². The smallest absolute Gasteiger partial charge is 0.328 e. The first-order valence-corrected chi connectivity index (χ1v) is 7.04. The van der Waals surface area contributed by atoms with Crippen LogP contribution in [0.4, 0.5) is 0 Å². The lowest BCUT2D eigenvalue weighted by atomic mass is 10.3. The lowest BCUT2D eigenvalue weighted by Crippen LogP contribution is -2.24. The molecule has 0 saturated carbocycles. The van der Waals surface area contributed by atoms with E-state index in [1.54, 1.807) is 23.3 Å². The Morgan fingerprint density at radius 3 is 2.29 bits per heavy atom. The Morgan fingerprint density at radius 1 is 0.952 bits per heavy atom. The van der Waals surface area contributed by atoms with Gasteiger partial charge in [0.15, 0.2) is 0 Å². The number of hydrogen-bond donors (Lipinski definition) is 0. The van der Waals surface area contributed by atoms with Gasteiger partial charge < -0.3 is 14.2 Å². The molecule has 0 aliphatic heterocycles. The van der Waals surface area contributed by atoms with Crippen molar-refractivity contribution in [3.63, 3.8) is 0 Å². The molecule has 0 fully saturated rings. The van der Waals surface area contributed by atoms with Gasteiger partial charge in [-0.2, -0.15) is 0 Å². The summed E-state index contributed by atoms with van der Waals surface area (Å²) in [5, 5.41) is 0. The van der Waals surface area contributed by atoms with Gasteiger partial charge in [-0.25, -0.2) is 4.79 Å². The Morgan fingerprint density at radius 2 is 1.57 bits per heavy atom. The highest BCUT2D eigenvalue weighted by molar-refractivity contribution is 5.75. The maximum Gasteiger partial charge on any atom is 0.328 e. The van der Waals surface area contributed by atoms with Crippen molar-refractivity contribution in [1.82, 2.24) is 9.13 Å². The average Bonchev–Trinajstić information content (AvgIpc) is 2.75. The number of aromatic nitrogens is 2. The van der Waals surface area contributed by atoms with Crippen molar-refractivity contribution in [2.75, 3.05) is 40.1 Å². The SMILES string of the molecule is COCCOCCOCCn1c(=O)n(C)c2ccccc21. The third-order valence-electron chi connectivity index (χ3n) is 3.31. The van der Waals surface area contributed by atoms with Gasteiger partial charge in [0.05, 0.1) is 50.6 Å². The summed E-state index contributed by atoms with van der Waals surface area (Å²) in [6.07, 6.45) is 0. The van der Waals surface area contributed by atoms with Gasteiger partial charge in [0, 0.05) is 14.2 Å². The molecule has 0 aliphatic carbocycles. The Hall–Kier alpha value is -1.63. The number of benzene rings is 1. The van der Waals surface area contributed by atoms with E-state index in [2.05, 4.69) is 0 Å². The highest BCUT2D eigenvalue weighted by atomic mass is 16.5. The normalized spacial score (nSPS) is 11.3. The molecule has 6 nitrogen and oxygen atoms in total. The molecule has 2 aromatic rings. The number of aryl methyl sites for hydroxylation is 1. The maximum absolute atomic E-state index is 12.2. The molecule has 0 aliphatic rings. The number of methoxy groups -OCH3 is 1. The van der Waals surface area contributed by atoms with E-state index < -0.39 is 0 Å². The van der Waals surface area contributed by atoms with Crippen molar-refractivity contribution in [3.05, 3.63) is 34.7 Å². The van der Waals surface area contributed by atoms with Gasteiger partial charge in [-0.15, -0.1) is 0 Å². The minimum Gasteiger partial charge on any atom is -0.382 e. The summed E-state index contributed by atoms with van der Waals surface area (Å²) in [6.45, 7) is 3.24. The topological polar surface area (TPSA) is 54.6 Å². The second-order valence-corrected chi connectivity index (χ2v) is 4.70. The van der Waals surface area contributed by atoms with E-state index in [1.807, 2.05) is 24.3 Å². The fourth-order valence-corrected chi connectivity index (χ4v) is 2.20. The Labute approximate surface area is 123 Å². The Bertz CT molecular complexity index is 618. The zero-order valence-corrected chi connectivity index (χ0v) is 12.6. The van der Waals surface area contributed by atoms with Crippen LogP contribution in [0, 0.1) is 0 Å². The van der Waals surface area contributed by atoms with Gasteiger partial charge in [-0.3, -0.25) is 9.13 Å². The molecule has 1 aromatic carbocycles. The van der Waals surface area contributed by atoms with E-state index in [4.69, 9.17) is 14.2 Å². The van der Waals surface area contributed by atoms with Gasteiger partial charge in [0.25, 0.3) is 0 Å². The molecule has 1 heterocycles. The molecule has 0 atom stereocenters. The molecule has 0 amide bonds. The first-order chi connectivity index (χ1) is 10.3. The largest absolute Gasteiger partial charge is 0.382 e. The molecule has 0 N–H and O–H groups in total. The number of fused-ring (bicyclic) bond motifs is 1. The van der Waals surface area contributed by atoms with Crippen molar-refractivity contribution >= 4 is 11.0 Å². The third-order valence-corrected chi connectivity index (χ3v) is 3.31. The highest BCUT2D eigenvalue weighted by Crippen LogP contribution is 2.10. The van der Waals surface area contributed by atoms with Crippen molar-refractivity contribution in [3.8, 4) is 0 Å². The molecular formula is C15H22N2O4. The molecule has 2 rings (SSSR count). The standard InChI is InChI=1S/C15H22N2O4/c1-16-13-5-3-4-6-14(13)17(15(16)18)7-8-20-11-12-21-10-9-19-2/h3-6H,7-12H2,1-2H3. The zero-order valence-electron chi connectivity index (χ0n) is 12.6. The van der Waals surface area contributed by atoms with Crippen molar-refractivity contribution < 1.29 is 14.2 Å². The molecular weight excluding hydrogens is 272 g/mol. The van der Waals surface area contributed by atoms with E-state index in [1.165, 1.54) is 0 Å². The molecule has 1 aromatic heterocycles. The summed E-state index contributed by atoms with van der Waals surface area (Å²) in [6, 6.07) is 7.76. The molecule has 6 heteroatoms. The van der Waals surface area contributed by atoms with Crippen LogP contribution in [0.3, 0.4) is 0 Å². The van der Waals surface area contributed by atoms with E-state index >= 15 is 0 Å². The lowest BCUT2D eigenvalue weighted by Gasteiger charge is -2.06. The fourth-order valence-electron chi connectivity index (χ4n) is 2.20. The Kier molecular flexibility index (Phi) is 5.98. The van der Waals surface area contributed by atoms with Crippen LogP contribution in [-0.2, 0) is 27.8 Å². The first kappa shape index (κ1) is 15.8. The summed E-state index contributed by atoms with van der Waals surface area (Å²) in [5.41, 5.74) is 1.85. The van der Waals surface area contributed by atoms with Gasteiger partial charge >= 0.3 is 5.69 Å². The number of nitrogens with zero attached hydrogens (tertiary/aromatic N) is 2. The fraction of sp³-hybridized carbons (Fsp3) is 0.533. The molecule has 116 valence electrons. The van der Waals surface area contributed by atoms with Crippen molar-refractivity contribution in [2.24, 2.45) is 7.05 Å². The van der Waals surface area contributed by atoms with Gasteiger partial charge in [0.2, 0.25) is 0 Å². The predicted molar refractivity (Wildman–Crippen MR) is 80.7 cm³/mol. The average molecular weight is 294 g/mol. The summed E-state index contributed by atoms with van der Waals surface area (Å²) in [7, 11) is 3.42.